The maximum atomic E-state index is 12.1. The predicted octanol–water partition coefficient (Wildman–Crippen LogP) is 1.82. The van der Waals surface area contributed by atoms with Crippen LogP contribution in [0.15, 0.2) is 5.51 Å². The maximum Gasteiger partial charge on any atom is 0.311 e. The first-order valence-electron chi connectivity index (χ1n) is 5.89. The van der Waals surface area contributed by atoms with Crippen LogP contribution in [0.25, 0.3) is 0 Å². The van der Waals surface area contributed by atoms with Crippen LogP contribution in [0, 0.1) is 12.3 Å². The molecule has 0 radical (unpaired) electrons. The Bertz CT molecular complexity index is 485. The first-order chi connectivity index (χ1) is 8.45. The highest BCUT2D eigenvalue weighted by Crippen LogP contribution is 2.38. The normalized spacial score (nSPS) is 27.1. The van der Waals surface area contributed by atoms with Crippen molar-refractivity contribution >= 4 is 23.2 Å². The average molecular weight is 268 g/mol. The minimum atomic E-state index is -0.853. The molecule has 1 amide bonds. The summed E-state index contributed by atoms with van der Waals surface area (Å²) in [5, 5.41) is 12.1. The Kier molecular flexibility index (Phi) is 3.38. The molecule has 1 saturated carbocycles. The highest BCUT2D eigenvalue weighted by molar-refractivity contribution is 7.11. The van der Waals surface area contributed by atoms with Crippen LogP contribution in [0.2, 0.25) is 0 Å². The highest BCUT2D eigenvalue weighted by atomic mass is 32.1. The molecule has 1 aliphatic carbocycles. The molecule has 0 bridgehead atoms. The number of aliphatic carboxylic acids is 1. The summed E-state index contributed by atoms with van der Waals surface area (Å²) in [5.41, 5.74) is 1.45. The van der Waals surface area contributed by atoms with Gasteiger partial charge in [-0.25, -0.2) is 4.98 Å². The number of hydrogen-bond donors (Lipinski definition) is 2. The second kappa shape index (κ2) is 4.68. The molecule has 1 aromatic heterocycles. The van der Waals surface area contributed by atoms with E-state index >= 15 is 0 Å². The van der Waals surface area contributed by atoms with E-state index in [0.29, 0.717) is 23.4 Å². The Morgan fingerprint density at radius 1 is 1.61 bits per heavy atom. The number of carbonyl (C=O) groups excluding carboxylic acids is 1. The number of aromatic nitrogens is 1. The lowest BCUT2D eigenvalue weighted by Gasteiger charge is -2.27. The van der Waals surface area contributed by atoms with Crippen molar-refractivity contribution in [3.05, 3.63) is 16.1 Å². The lowest BCUT2D eigenvalue weighted by atomic mass is 9.85. The van der Waals surface area contributed by atoms with Crippen LogP contribution >= 0.6 is 11.3 Å². The fraction of sp³-hybridized carbons (Fsp3) is 0.583. The Labute approximate surface area is 109 Å². The summed E-state index contributed by atoms with van der Waals surface area (Å²) in [6.07, 6.45) is 2.15. The van der Waals surface area contributed by atoms with E-state index in [-0.39, 0.29) is 11.9 Å². The van der Waals surface area contributed by atoms with E-state index in [0.717, 1.165) is 6.42 Å². The van der Waals surface area contributed by atoms with Gasteiger partial charge in [0.15, 0.2) is 0 Å². The molecule has 0 spiro atoms. The number of thiazole rings is 1. The molecule has 1 heterocycles. The standard InChI is InChI=1S/C12H16N2O3S/c1-7-9(18-6-13-7)10(15)14-8-4-3-5-12(8,2)11(16)17/h6,8H,3-5H2,1-2H3,(H,14,15)(H,16,17). The smallest absolute Gasteiger partial charge is 0.311 e. The molecule has 5 nitrogen and oxygen atoms in total. The Balaban J connectivity index is 2.13. The van der Waals surface area contributed by atoms with Crippen LogP contribution in [0.1, 0.15) is 41.6 Å². The van der Waals surface area contributed by atoms with Crippen LogP contribution in [-0.4, -0.2) is 28.0 Å². The summed E-state index contributed by atoms with van der Waals surface area (Å²) >= 11 is 1.28. The molecular formula is C12H16N2O3S. The average Bonchev–Trinajstić information content (AvgIpc) is 2.87. The number of carbonyl (C=O) groups is 2. The molecule has 0 aromatic carbocycles. The van der Waals surface area contributed by atoms with Gasteiger partial charge in [0, 0.05) is 6.04 Å². The number of nitrogens with one attached hydrogen (secondary N) is 1. The number of hydrogen-bond acceptors (Lipinski definition) is 4. The molecule has 18 heavy (non-hydrogen) atoms. The van der Waals surface area contributed by atoms with Crippen LogP contribution in [0.5, 0.6) is 0 Å². The highest BCUT2D eigenvalue weighted by Gasteiger charge is 2.46. The monoisotopic (exact) mass is 268 g/mol. The number of amides is 1. The SMILES string of the molecule is Cc1ncsc1C(=O)NC1CCCC1(C)C(=O)O. The molecule has 98 valence electrons. The van der Waals surface area contributed by atoms with Crippen molar-refractivity contribution in [3.63, 3.8) is 0 Å². The molecule has 2 N–H and O–H groups in total. The third kappa shape index (κ3) is 2.12. The minimum absolute atomic E-state index is 0.214. The second-order valence-electron chi connectivity index (χ2n) is 4.91. The zero-order chi connectivity index (χ0) is 13.3. The molecule has 1 aliphatic rings. The van der Waals surface area contributed by atoms with E-state index in [2.05, 4.69) is 10.3 Å². The van der Waals surface area contributed by atoms with E-state index in [1.165, 1.54) is 11.3 Å². The Morgan fingerprint density at radius 3 is 2.89 bits per heavy atom. The van der Waals surface area contributed by atoms with Crippen molar-refractivity contribution in [2.45, 2.75) is 39.2 Å². The maximum absolute atomic E-state index is 12.1. The van der Waals surface area contributed by atoms with E-state index in [1.54, 1.807) is 19.4 Å². The van der Waals surface area contributed by atoms with Crippen LogP contribution in [-0.2, 0) is 4.79 Å². The zero-order valence-corrected chi connectivity index (χ0v) is 11.2. The molecule has 6 heteroatoms. The van der Waals surface area contributed by atoms with Gasteiger partial charge in [-0.2, -0.15) is 0 Å². The molecule has 2 atom stereocenters. The molecule has 2 rings (SSSR count). The summed E-state index contributed by atoms with van der Waals surface area (Å²) < 4.78 is 0. The number of nitrogens with zero attached hydrogens (tertiary/aromatic N) is 1. The van der Waals surface area contributed by atoms with E-state index in [4.69, 9.17) is 0 Å². The lowest BCUT2D eigenvalue weighted by Crippen LogP contribution is -2.47. The minimum Gasteiger partial charge on any atom is -0.481 e. The number of rotatable bonds is 3. The van der Waals surface area contributed by atoms with E-state index in [9.17, 15) is 14.7 Å². The summed E-state index contributed by atoms with van der Waals surface area (Å²) in [7, 11) is 0. The Hall–Kier alpha value is -1.43. The molecule has 0 aliphatic heterocycles. The van der Waals surface area contributed by atoms with Gasteiger partial charge in [0.05, 0.1) is 16.6 Å². The quantitative estimate of drug-likeness (QED) is 0.876. The topological polar surface area (TPSA) is 79.3 Å². The summed E-state index contributed by atoms with van der Waals surface area (Å²) in [6, 6.07) is -0.302. The van der Waals surface area contributed by atoms with Crippen molar-refractivity contribution in [3.8, 4) is 0 Å². The van der Waals surface area contributed by atoms with Crippen LogP contribution in [0.4, 0.5) is 0 Å². The van der Waals surface area contributed by atoms with E-state index < -0.39 is 11.4 Å². The lowest BCUT2D eigenvalue weighted by molar-refractivity contribution is -0.148. The van der Waals surface area contributed by atoms with Crippen LogP contribution in [0.3, 0.4) is 0 Å². The van der Waals surface area contributed by atoms with Crippen molar-refractivity contribution in [1.82, 2.24) is 10.3 Å². The second-order valence-corrected chi connectivity index (χ2v) is 5.76. The molecular weight excluding hydrogens is 252 g/mol. The fourth-order valence-electron chi connectivity index (χ4n) is 2.40. The van der Waals surface area contributed by atoms with Crippen molar-refractivity contribution in [2.75, 3.05) is 0 Å². The van der Waals surface area contributed by atoms with Gasteiger partial charge in [-0.3, -0.25) is 9.59 Å². The predicted molar refractivity (Wildman–Crippen MR) is 67.7 cm³/mol. The fourth-order valence-corrected chi connectivity index (χ4v) is 3.10. The van der Waals surface area contributed by atoms with Gasteiger partial charge in [0.1, 0.15) is 4.88 Å². The number of carboxylic acid groups (broad SMARTS) is 1. The van der Waals surface area contributed by atoms with Crippen LogP contribution < -0.4 is 5.32 Å². The summed E-state index contributed by atoms with van der Waals surface area (Å²) in [6.45, 7) is 3.48. The number of carboxylic acids is 1. The molecule has 2 unspecified atom stereocenters. The third-order valence-electron chi connectivity index (χ3n) is 3.70. The van der Waals surface area contributed by atoms with Gasteiger partial charge in [-0.05, 0) is 26.7 Å². The molecule has 0 saturated heterocycles. The molecule has 1 aromatic rings. The number of aryl methyl sites for hydroxylation is 1. The summed E-state index contributed by atoms with van der Waals surface area (Å²) in [4.78, 5) is 28.0. The van der Waals surface area contributed by atoms with Gasteiger partial charge in [-0.1, -0.05) is 6.42 Å². The Morgan fingerprint density at radius 2 is 2.33 bits per heavy atom. The van der Waals surface area contributed by atoms with Crippen molar-refractivity contribution in [2.24, 2.45) is 5.41 Å². The first-order valence-corrected chi connectivity index (χ1v) is 6.77. The van der Waals surface area contributed by atoms with Gasteiger partial charge in [0.2, 0.25) is 0 Å². The first kappa shape index (κ1) is 13.0. The van der Waals surface area contributed by atoms with Crippen molar-refractivity contribution < 1.29 is 14.7 Å². The van der Waals surface area contributed by atoms with Crippen molar-refractivity contribution in [1.29, 1.82) is 0 Å². The van der Waals surface area contributed by atoms with Gasteiger partial charge >= 0.3 is 5.97 Å². The summed E-state index contributed by atoms with van der Waals surface area (Å²) in [5.74, 6) is -1.05. The van der Waals surface area contributed by atoms with E-state index in [1.807, 2.05) is 0 Å². The third-order valence-corrected chi connectivity index (χ3v) is 4.63. The van der Waals surface area contributed by atoms with Gasteiger partial charge in [0.25, 0.3) is 5.91 Å². The van der Waals surface area contributed by atoms with Gasteiger partial charge in [-0.15, -0.1) is 11.3 Å². The molecule has 1 fully saturated rings. The largest absolute Gasteiger partial charge is 0.481 e. The van der Waals surface area contributed by atoms with Gasteiger partial charge < -0.3 is 10.4 Å². The zero-order valence-electron chi connectivity index (χ0n) is 10.4.